The summed E-state index contributed by atoms with van der Waals surface area (Å²) >= 11 is 0. The van der Waals surface area contributed by atoms with Crippen LogP contribution < -0.4 is 15.4 Å². The van der Waals surface area contributed by atoms with E-state index in [0.717, 1.165) is 37.7 Å². The van der Waals surface area contributed by atoms with Gasteiger partial charge >= 0.3 is 0 Å². The number of carbonyl (C=O) groups is 1. The van der Waals surface area contributed by atoms with E-state index in [1.165, 1.54) is 6.92 Å². The Labute approximate surface area is 143 Å². The third-order valence-electron chi connectivity index (χ3n) is 5.16. The van der Waals surface area contributed by atoms with E-state index in [9.17, 15) is 13.2 Å². The molecule has 0 bridgehead atoms. The second-order valence-electron chi connectivity index (χ2n) is 6.72. The lowest BCUT2D eigenvalue weighted by atomic mass is 9.85. The first-order valence-electron chi connectivity index (χ1n) is 8.56. The van der Waals surface area contributed by atoms with Crippen LogP contribution >= 0.6 is 0 Å². The number of fused-ring (bicyclic) bond motifs is 1. The molecule has 0 spiro atoms. The number of sulfonamides is 1. The summed E-state index contributed by atoms with van der Waals surface area (Å²) in [5.74, 6) is 0.128. The van der Waals surface area contributed by atoms with E-state index in [1.54, 1.807) is 17.0 Å². The van der Waals surface area contributed by atoms with E-state index in [1.807, 2.05) is 6.07 Å². The van der Waals surface area contributed by atoms with Crippen LogP contribution in [0, 0.1) is 5.92 Å². The molecule has 3 N–H and O–H groups in total. The van der Waals surface area contributed by atoms with Crippen LogP contribution in [0.1, 0.15) is 38.2 Å². The molecule has 1 aromatic rings. The number of hydrogen-bond acceptors (Lipinski definition) is 4. The number of benzene rings is 1. The average molecular weight is 351 g/mol. The van der Waals surface area contributed by atoms with Crippen LogP contribution in [0.3, 0.4) is 0 Å². The van der Waals surface area contributed by atoms with Crippen molar-refractivity contribution < 1.29 is 13.2 Å². The molecule has 7 heteroatoms. The minimum atomic E-state index is -3.62. The molecule has 6 nitrogen and oxygen atoms in total. The van der Waals surface area contributed by atoms with Crippen molar-refractivity contribution >= 4 is 21.6 Å². The van der Waals surface area contributed by atoms with Gasteiger partial charge in [-0.15, -0.1) is 0 Å². The second-order valence-corrected chi connectivity index (χ2v) is 8.43. The lowest BCUT2D eigenvalue weighted by molar-refractivity contribution is -0.116. The maximum Gasteiger partial charge on any atom is 0.240 e. The van der Waals surface area contributed by atoms with Crippen molar-refractivity contribution in [2.45, 2.75) is 50.0 Å². The Morgan fingerprint density at radius 3 is 2.79 bits per heavy atom. The molecule has 1 amide bonds. The molecule has 0 radical (unpaired) electrons. The molecule has 0 aromatic heterocycles. The van der Waals surface area contributed by atoms with Crippen LogP contribution in [0.4, 0.5) is 5.69 Å². The maximum absolute atomic E-state index is 12.8. The van der Waals surface area contributed by atoms with E-state index in [2.05, 4.69) is 4.72 Å². The molecular weight excluding hydrogens is 326 g/mol. The standard InChI is InChI=1S/C17H25N3O3S/c1-12(21)20-9-8-13-6-7-15(10-17(13)20)24(22,23)19-16-5-3-2-4-14(16)11-18/h6-7,10,14,16,19H,2-5,8-9,11,18H2,1H3. The molecule has 1 aliphatic heterocycles. The van der Waals surface area contributed by atoms with Gasteiger partial charge in [-0.05, 0) is 49.4 Å². The van der Waals surface area contributed by atoms with Crippen molar-refractivity contribution in [1.29, 1.82) is 0 Å². The summed E-state index contributed by atoms with van der Waals surface area (Å²) < 4.78 is 28.4. The van der Waals surface area contributed by atoms with Crippen LogP contribution in [-0.2, 0) is 21.2 Å². The van der Waals surface area contributed by atoms with Gasteiger partial charge in [0.05, 0.1) is 4.90 Å². The normalized spacial score (nSPS) is 24.0. The number of hydrogen-bond donors (Lipinski definition) is 2. The fourth-order valence-corrected chi connectivity index (χ4v) is 5.12. The third kappa shape index (κ3) is 3.34. The van der Waals surface area contributed by atoms with Gasteiger partial charge in [-0.1, -0.05) is 18.9 Å². The van der Waals surface area contributed by atoms with E-state index in [4.69, 9.17) is 5.73 Å². The van der Waals surface area contributed by atoms with Gasteiger partial charge in [-0.2, -0.15) is 0 Å². The Morgan fingerprint density at radius 1 is 1.33 bits per heavy atom. The Morgan fingerprint density at radius 2 is 2.08 bits per heavy atom. The lowest BCUT2D eigenvalue weighted by Crippen LogP contribution is -2.44. The quantitative estimate of drug-likeness (QED) is 0.857. The number of nitrogens with two attached hydrogens (primary N) is 1. The monoisotopic (exact) mass is 351 g/mol. The first-order valence-corrected chi connectivity index (χ1v) is 10.0. The Balaban J connectivity index is 1.85. The first-order chi connectivity index (χ1) is 11.4. The van der Waals surface area contributed by atoms with E-state index in [-0.39, 0.29) is 22.8 Å². The molecule has 2 aliphatic rings. The van der Waals surface area contributed by atoms with Crippen LogP contribution in [0.5, 0.6) is 0 Å². The van der Waals surface area contributed by atoms with Crippen molar-refractivity contribution in [2.75, 3.05) is 18.0 Å². The zero-order valence-electron chi connectivity index (χ0n) is 14.0. The summed E-state index contributed by atoms with van der Waals surface area (Å²) in [4.78, 5) is 13.6. The van der Waals surface area contributed by atoms with Gasteiger partial charge in [0.1, 0.15) is 0 Å². The molecular formula is C17H25N3O3S. The fourth-order valence-electron chi connectivity index (χ4n) is 3.77. The predicted octanol–water partition coefficient (Wildman–Crippen LogP) is 1.39. The highest BCUT2D eigenvalue weighted by Crippen LogP contribution is 2.31. The third-order valence-corrected chi connectivity index (χ3v) is 6.65. The Hall–Kier alpha value is -1.44. The number of carbonyl (C=O) groups excluding carboxylic acids is 1. The summed E-state index contributed by atoms with van der Waals surface area (Å²) in [7, 11) is -3.62. The van der Waals surface area contributed by atoms with Crippen molar-refractivity contribution in [2.24, 2.45) is 11.7 Å². The molecule has 2 atom stereocenters. The molecule has 1 aromatic carbocycles. The highest BCUT2D eigenvalue weighted by Gasteiger charge is 2.30. The number of rotatable bonds is 4. The molecule has 1 heterocycles. The Kier molecular flexibility index (Phi) is 4.94. The number of nitrogens with zero attached hydrogens (tertiary/aromatic N) is 1. The number of nitrogens with one attached hydrogen (secondary N) is 1. The molecule has 132 valence electrons. The van der Waals surface area contributed by atoms with Gasteiger partial charge in [0.25, 0.3) is 0 Å². The molecule has 24 heavy (non-hydrogen) atoms. The maximum atomic E-state index is 12.8. The molecule has 0 saturated heterocycles. The van der Waals surface area contributed by atoms with Crippen molar-refractivity contribution in [1.82, 2.24) is 4.72 Å². The van der Waals surface area contributed by atoms with Gasteiger partial charge < -0.3 is 10.6 Å². The van der Waals surface area contributed by atoms with E-state index in [0.29, 0.717) is 18.8 Å². The highest BCUT2D eigenvalue weighted by molar-refractivity contribution is 7.89. The van der Waals surface area contributed by atoms with Gasteiger partial charge in [0, 0.05) is 25.2 Å². The van der Waals surface area contributed by atoms with Crippen LogP contribution in [0.2, 0.25) is 0 Å². The van der Waals surface area contributed by atoms with Crippen molar-refractivity contribution in [3.63, 3.8) is 0 Å². The minimum absolute atomic E-state index is 0.0632. The molecule has 3 rings (SSSR count). The van der Waals surface area contributed by atoms with Crippen LogP contribution in [0.15, 0.2) is 23.1 Å². The summed E-state index contributed by atoms with van der Waals surface area (Å²) in [6.45, 7) is 2.61. The zero-order valence-corrected chi connectivity index (χ0v) is 14.8. The summed E-state index contributed by atoms with van der Waals surface area (Å²) in [5, 5.41) is 0. The number of anilines is 1. The van der Waals surface area contributed by atoms with Crippen molar-refractivity contribution in [3.8, 4) is 0 Å². The summed E-state index contributed by atoms with van der Waals surface area (Å²) in [6, 6.07) is 4.96. The molecule has 2 unspecified atom stereocenters. The molecule has 1 fully saturated rings. The topological polar surface area (TPSA) is 92.5 Å². The molecule has 1 saturated carbocycles. The summed E-state index contributed by atoms with van der Waals surface area (Å²) in [6.07, 6.45) is 4.68. The largest absolute Gasteiger partial charge is 0.330 e. The first kappa shape index (κ1) is 17.4. The van der Waals surface area contributed by atoms with Crippen molar-refractivity contribution in [3.05, 3.63) is 23.8 Å². The zero-order chi connectivity index (χ0) is 17.3. The predicted molar refractivity (Wildman–Crippen MR) is 93.3 cm³/mol. The van der Waals surface area contributed by atoms with E-state index < -0.39 is 10.0 Å². The lowest BCUT2D eigenvalue weighted by Gasteiger charge is -2.31. The van der Waals surface area contributed by atoms with Gasteiger partial charge in [-0.25, -0.2) is 13.1 Å². The smallest absolute Gasteiger partial charge is 0.240 e. The summed E-state index contributed by atoms with van der Waals surface area (Å²) in [5.41, 5.74) is 7.53. The van der Waals surface area contributed by atoms with Gasteiger partial charge in [0.2, 0.25) is 15.9 Å². The van der Waals surface area contributed by atoms with Crippen LogP contribution in [-0.4, -0.2) is 33.5 Å². The average Bonchev–Trinajstić information content (AvgIpc) is 2.98. The Bertz CT molecular complexity index is 733. The van der Waals surface area contributed by atoms with Crippen LogP contribution in [0.25, 0.3) is 0 Å². The van der Waals surface area contributed by atoms with Gasteiger partial charge in [0.15, 0.2) is 0 Å². The fraction of sp³-hybridized carbons (Fsp3) is 0.588. The van der Waals surface area contributed by atoms with Gasteiger partial charge in [-0.3, -0.25) is 4.79 Å². The second kappa shape index (κ2) is 6.82. The minimum Gasteiger partial charge on any atom is -0.330 e. The SMILES string of the molecule is CC(=O)N1CCc2ccc(S(=O)(=O)NC3CCCCC3CN)cc21. The van der Waals surface area contributed by atoms with E-state index >= 15 is 0 Å². The molecule has 1 aliphatic carbocycles. The number of amides is 1. The highest BCUT2D eigenvalue weighted by atomic mass is 32.2.